The molecule has 0 spiro atoms. The molecular weight excluding hydrogens is 334 g/mol. The number of thiocarbonyl (C=S) groups is 1. The minimum atomic E-state index is -0.249. The summed E-state index contributed by atoms with van der Waals surface area (Å²) < 4.78 is 0. The summed E-state index contributed by atoms with van der Waals surface area (Å²) in [4.78, 5) is 24.2. The van der Waals surface area contributed by atoms with Crippen LogP contribution in [0.15, 0.2) is 67.3 Å². The van der Waals surface area contributed by atoms with Crippen LogP contribution >= 0.6 is 12.2 Å². The maximum Gasteiger partial charge on any atom is 0.253 e. The number of para-hydroxylation sites is 1. The number of hydrogen-bond acceptors (Lipinski definition) is 3. The number of anilines is 1. The maximum absolute atomic E-state index is 12.1. The molecular formula is C19H19N3O2S. The molecule has 0 radical (unpaired) electrons. The molecule has 0 saturated carbocycles. The van der Waals surface area contributed by atoms with E-state index in [0.717, 1.165) is 5.56 Å². The number of carbonyl (C=O) groups is 2. The first-order valence-corrected chi connectivity index (χ1v) is 8.14. The van der Waals surface area contributed by atoms with Gasteiger partial charge in [0.05, 0.1) is 17.7 Å². The molecule has 0 aliphatic heterocycles. The number of carbonyl (C=O) groups excluding carboxylic acids is 2. The first kappa shape index (κ1) is 18.4. The molecule has 2 aromatic carbocycles. The van der Waals surface area contributed by atoms with Gasteiger partial charge in [-0.2, -0.15) is 0 Å². The van der Waals surface area contributed by atoms with Crippen LogP contribution in [0.5, 0.6) is 0 Å². The van der Waals surface area contributed by atoms with Crippen LogP contribution in [-0.2, 0) is 11.2 Å². The zero-order valence-electron chi connectivity index (χ0n) is 13.6. The second kappa shape index (κ2) is 9.34. The first-order valence-electron chi connectivity index (χ1n) is 7.73. The summed E-state index contributed by atoms with van der Waals surface area (Å²) in [6.07, 6.45) is 1.83. The van der Waals surface area contributed by atoms with E-state index in [4.69, 9.17) is 12.2 Å². The smallest absolute Gasteiger partial charge is 0.253 e. The zero-order valence-corrected chi connectivity index (χ0v) is 14.4. The second-order valence-corrected chi connectivity index (χ2v) is 5.62. The molecule has 2 aromatic rings. The lowest BCUT2D eigenvalue weighted by molar-refractivity contribution is -0.119. The Morgan fingerprint density at radius 1 is 1.04 bits per heavy atom. The fraction of sp³-hybridized carbons (Fsp3) is 0.105. The molecule has 0 fully saturated rings. The van der Waals surface area contributed by atoms with Gasteiger partial charge in [0, 0.05) is 6.54 Å². The van der Waals surface area contributed by atoms with Crippen LogP contribution in [0.2, 0.25) is 0 Å². The van der Waals surface area contributed by atoms with Crippen molar-refractivity contribution in [2.45, 2.75) is 6.42 Å². The van der Waals surface area contributed by atoms with Gasteiger partial charge in [0.1, 0.15) is 0 Å². The van der Waals surface area contributed by atoms with Gasteiger partial charge in [-0.15, -0.1) is 6.58 Å². The van der Waals surface area contributed by atoms with E-state index < -0.39 is 0 Å². The lowest BCUT2D eigenvalue weighted by Crippen LogP contribution is -2.36. The van der Waals surface area contributed by atoms with Gasteiger partial charge in [0.15, 0.2) is 5.11 Å². The molecule has 128 valence electrons. The third-order valence-corrected chi connectivity index (χ3v) is 3.49. The van der Waals surface area contributed by atoms with Crippen LogP contribution < -0.4 is 16.0 Å². The molecule has 0 heterocycles. The molecule has 0 aromatic heterocycles. The standard InChI is InChI=1S/C19H19N3O2S/c1-2-12-20-18(24)15-10-6-7-11-16(15)21-19(25)22-17(23)13-14-8-4-3-5-9-14/h2-11H,1,12-13H2,(H,20,24)(H2,21,22,23,25). The van der Waals surface area contributed by atoms with Crippen LogP contribution in [-0.4, -0.2) is 23.5 Å². The Balaban J connectivity index is 1.97. The fourth-order valence-corrected chi connectivity index (χ4v) is 2.38. The predicted octanol–water partition coefficient (Wildman–Crippen LogP) is 2.66. The van der Waals surface area contributed by atoms with E-state index in [9.17, 15) is 9.59 Å². The average molecular weight is 353 g/mol. The van der Waals surface area contributed by atoms with Gasteiger partial charge < -0.3 is 16.0 Å². The molecule has 25 heavy (non-hydrogen) atoms. The highest BCUT2D eigenvalue weighted by Gasteiger charge is 2.12. The van der Waals surface area contributed by atoms with E-state index in [1.165, 1.54) is 0 Å². The highest BCUT2D eigenvalue weighted by Crippen LogP contribution is 2.14. The average Bonchev–Trinajstić information content (AvgIpc) is 2.60. The predicted molar refractivity (Wildman–Crippen MR) is 103 cm³/mol. The minimum absolute atomic E-state index is 0.143. The molecule has 2 rings (SSSR count). The topological polar surface area (TPSA) is 70.2 Å². The van der Waals surface area contributed by atoms with Gasteiger partial charge in [-0.3, -0.25) is 9.59 Å². The van der Waals surface area contributed by atoms with Gasteiger partial charge in [0.2, 0.25) is 5.91 Å². The summed E-state index contributed by atoms with van der Waals surface area (Å²) in [5.74, 6) is -0.473. The van der Waals surface area contributed by atoms with Gasteiger partial charge in [-0.25, -0.2) is 0 Å². The number of nitrogens with one attached hydrogen (secondary N) is 3. The van der Waals surface area contributed by atoms with E-state index in [1.54, 1.807) is 30.3 Å². The number of amides is 2. The van der Waals surface area contributed by atoms with E-state index in [2.05, 4.69) is 22.5 Å². The summed E-state index contributed by atoms with van der Waals surface area (Å²) in [7, 11) is 0. The van der Waals surface area contributed by atoms with Gasteiger partial charge in [-0.1, -0.05) is 48.5 Å². The van der Waals surface area contributed by atoms with Crippen LogP contribution in [0.1, 0.15) is 15.9 Å². The molecule has 3 N–H and O–H groups in total. The van der Waals surface area contributed by atoms with Crippen molar-refractivity contribution >= 4 is 34.8 Å². The molecule has 2 amide bonds. The van der Waals surface area contributed by atoms with E-state index in [-0.39, 0.29) is 23.3 Å². The van der Waals surface area contributed by atoms with Crippen LogP contribution in [0, 0.1) is 0 Å². The van der Waals surface area contributed by atoms with Crippen molar-refractivity contribution in [2.75, 3.05) is 11.9 Å². The Labute approximate surface area is 152 Å². The van der Waals surface area contributed by atoms with Gasteiger partial charge in [0.25, 0.3) is 5.91 Å². The van der Waals surface area contributed by atoms with Gasteiger partial charge >= 0.3 is 0 Å². The Morgan fingerprint density at radius 2 is 1.72 bits per heavy atom. The number of hydrogen-bond donors (Lipinski definition) is 3. The molecule has 0 saturated heterocycles. The van der Waals surface area contributed by atoms with Crippen molar-refractivity contribution in [3.63, 3.8) is 0 Å². The Hall–Kier alpha value is -2.99. The quantitative estimate of drug-likeness (QED) is 0.552. The fourth-order valence-electron chi connectivity index (χ4n) is 2.16. The van der Waals surface area contributed by atoms with Crippen LogP contribution in [0.25, 0.3) is 0 Å². The summed E-state index contributed by atoms with van der Waals surface area (Å²) in [5.41, 5.74) is 1.85. The minimum Gasteiger partial charge on any atom is -0.349 e. The summed E-state index contributed by atoms with van der Waals surface area (Å²) in [5, 5.41) is 8.37. The van der Waals surface area contributed by atoms with Crippen molar-refractivity contribution in [3.8, 4) is 0 Å². The van der Waals surface area contributed by atoms with Gasteiger partial charge in [-0.05, 0) is 29.9 Å². The third kappa shape index (κ3) is 5.86. The molecule has 0 atom stereocenters. The van der Waals surface area contributed by atoms with E-state index in [0.29, 0.717) is 17.8 Å². The highest BCUT2D eigenvalue weighted by molar-refractivity contribution is 7.80. The molecule has 0 aliphatic rings. The van der Waals surface area contributed by atoms with Crippen molar-refractivity contribution in [2.24, 2.45) is 0 Å². The van der Waals surface area contributed by atoms with Crippen molar-refractivity contribution in [1.29, 1.82) is 0 Å². The van der Waals surface area contributed by atoms with Crippen molar-refractivity contribution in [1.82, 2.24) is 10.6 Å². The molecule has 0 unspecified atom stereocenters. The van der Waals surface area contributed by atoms with Crippen LogP contribution in [0.4, 0.5) is 5.69 Å². The number of benzene rings is 2. The highest BCUT2D eigenvalue weighted by atomic mass is 32.1. The molecule has 0 aliphatic carbocycles. The zero-order chi connectivity index (χ0) is 18.1. The molecule has 6 heteroatoms. The number of rotatable bonds is 6. The lowest BCUT2D eigenvalue weighted by Gasteiger charge is -2.13. The monoisotopic (exact) mass is 353 g/mol. The third-order valence-electron chi connectivity index (χ3n) is 3.29. The molecule has 0 bridgehead atoms. The van der Waals surface area contributed by atoms with E-state index >= 15 is 0 Å². The summed E-state index contributed by atoms with van der Waals surface area (Å²) in [6, 6.07) is 16.3. The van der Waals surface area contributed by atoms with E-state index in [1.807, 2.05) is 30.3 Å². The SMILES string of the molecule is C=CCNC(=O)c1ccccc1NC(=S)NC(=O)Cc1ccccc1. The maximum atomic E-state index is 12.1. The second-order valence-electron chi connectivity index (χ2n) is 5.21. The summed E-state index contributed by atoms with van der Waals surface area (Å²) >= 11 is 5.17. The summed E-state index contributed by atoms with van der Waals surface area (Å²) in [6.45, 7) is 3.93. The Kier molecular flexibility index (Phi) is 6.86. The lowest BCUT2D eigenvalue weighted by atomic mass is 10.1. The largest absolute Gasteiger partial charge is 0.349 e. The normalized spacial score (nSPS) is 9.76. The Morgan fingerprint density at radius 3 is 2.44 bits per heavy atom. The molecule has 5 nitrogen and oxygen atoms in total. The van der Waals surface area contributed by atoms with Crippen LogP contribution in [0.3, 0.4) is 0 Å². The van der Waals surface area contributed by atoms with Crippen molar-refractivity contribution < 1.29 is 9.59 Å². The Bertz CT molecular complexity index is 775. The first-order chi connectivity index (χ1) is 12.1. The van der Waals surface area contributed by atoms with Crippen molar-refractivity contribution in [3.05, 3.63) is 78.4 Å².